The van der Waals surface area contributed by atoms with Crippen molar-refractivity contribution in [2.45, 2.75) is 19.9 Å². The van der Waals surface area contributed by atoms with Gasteiger partial charge in [-0.25, -0.2) is 5.01 Å². The maximum atomic E-state index is 13.3. The summed E-state index contributed by atoms with van der Waals surface area (Å²) in [6, 6.07) is 25.5. The predicted molar refractivity (Wildman–Crippen MR) is 106 cm³/mol. The number of Topliss-reactive ketones (excluding diaryl/α,β-unsaturated/α-hetero) is 1. The molecule has 1 aliphatic rings. The second kappa shape index (κ2) is 6.60. The molecular formula is C23H20N2O. The zero-order valence-corrected chi connectivity index (χ0v) is 14.9. The van der Waals surface area contributed by atoms with Crippen LogP contribution in [0.5, 0.6) is 0 Å². The van der Waals surface area contributed by atoms with Gasteiger partial charge in [-0.2, -0.15) is 5.10 Å². The molecule has 0 aliphatic carbocycles. The lowest BCUT2D eigenvalue weighted by Gasteiger charge is -2.22. The number of rotatable bonds is 3. The number of hydrogen-bond donors (Lipinski definition) is 0. The number of ketones is 1. The summed E-state index contributed by atoms with van der Waals surface area (Å²) in [5.41, 5.74) is 5.57. The molecule has 26 heavy (non-hydrogen) atoms. The van der Waals surface area contributed by atoms with Gasteiger partial charge in [0.1, 0.15) is 11.8 Å². The van der Waals surface area contributed by atoms with Crippen LogP contribution >= 0.6 is 0 Å². The van der Waals surface area contributed by atoms with Gasteiger partial charge in [0.15, 0.2) is 0 Å². The minimum Gasteiger partial charge on any atom is -0.289 e. The van der Waals surface area contributed by atoms with Gasteiger partial charge < -0.3 is 0 Å². The van der Waals surface area contributed by atoms with Gasteiger partial charge in [-0.05, 0) is 31.5 Å². The highest BCUT2D eigenvalue weighted by Gasteiger charge is 2.38. The maximum Gasteiger partial charge on any atom is 0.212 e. The standard InChI is InChI=1S/C23H20N2O/c1-16-8-12-18(13-9-16)21-23(26)22(19-14-10-17(2)11-15-19)25(24-21)20-6-4-3-5-7-20/h3-15,22H,1-2H3. The van der Waals surface area contributed by atoms with Gasteiger partial charge in [0, 0.05) is 5.56 Å². The number of anilines is 1. The van der Waals surface area contributed by atoms with E-state index in [-0.39, 0.29) is 5.78 Å². The number of nitrogens with zero attached hydrogens (tertiary/aromatic N) is 2. The normalized spacial score (nSPS) is 16.7. The van der Waals surface area contributed by atoms with E-state index in [1.165, 1.54) is 5.56 Å². The number of carbonyl (C=O) groups is 1. The molecule has 0 fully saturated rings. The van der Waals surface area contributed by atoms with Crippen molar-refractivity contribution in [3.63, 3.8) is 0 Å². The molecule has 0 amide bonds. The third-order valence-corrected chi connectivity index (χ3v) is 4.67. The Bertz CT molecular complexity index is 957. The minimum absolute atomic E-state index is 0.0292. The van der Waals surface area contributed by atoms with Crippen molar-refractivity contribution in [3.8, 4) is 0 Å². The Balaban J connectivity index is 1.81. The summed E-state index contributed by atoms with van der Waals surface area (Å²) < 4.78 is 0. The van der Waals surface area contributed by atoms with Crippen molar-refractivity contribution in [2.75, 3.05) is 5.01 Å². The van der Waals surface area contributed by atoms with E-state index in [2.05, 4.69) is 0 Å². The molecule has 0 aromatic heterocycles. The van der Waals surface area contributed by atoms with Crippen molar-refractivity contribution >= 4 is 17.2 Å². The molecule has 1 unspecified atom stereocenters. The lowest BCUT2D eigenvalue weighted by Crippen LogP contribution is -2.25. The average molecular weight is 340 g/mol. The number of carbonyl (C=O) groups excluding carboxylic acids is 1. The monoisotopic (exact) mass is 340 g/mol. The molecule has 1 atom stereocenters. The van der Waals surface area contributed by atoms with E-state index in [1.807, 2.05) is 97.7 Å². The first-order chi connectivity index (χ1) is 12.6. The molecule has 3 heteroatoms. The second-order valence-corrected chi connectivity index (χ2v) is 6.67. The van der Waals surface area contributed by atoms with Crippen molar-refractivity contribution in [1.82, 2.24) is 0 Å². The average Bonchev–Trinajstić information content (AvgIpc) is 3.01. The molecule has 0 spiro atoms. The zero-order chi connectivity index (χ0) is 18.1. The van der Waals surface area contributed by atoms with Crippen molar-refractivity contribution < 1.29 is 4.79 Å². The molecule has 3 nitrogen and oxygen atoms in total. The first-order valence-electron chi connectivity index (χ1n) is 8.74. The summed E-state index contributed by atoms with van der Waals surface area (Å²) in [5, 5.41) is 6.56. The van der Waals surface area contributed by atoms with Gasteiger partial charge >= 0.3 is 0 Å². The van der Waals surface area contributed by atoms with Crippen LogP contribution in [0.1, 0.15) is 28.3 Å². The Labute approximate surface area is 153 Å². The Hall–Kier alpha value is -3.20. The van der Waals surface area contributed by atoms with Gasteiger partial charge in [0.25, 0.3) is 0 Å². The molecule has 1 aliphatic heterocycles. The van der Waals surface area contributed by atoms with Crippen molar-refractivity contribution in [1.29, 1.82) is 0 Å². The molecule has 0 bridgehead atoms. The molecule has 0 radical (unpaired) electrons. The highest BCUT2D eigenvalue weighted by molar-refractivity contribution is 6.49. The summed E-state index contributed by atoms with van der Waals surface area (Å²) >= 11 is 0. The zero-order valence-electron chi connectivity index (χ0n) is 14.9. The highest BCUT2D eigenvalue weighted by atomic mass is 16.1. The van der Waals surface area contributed by atoms with Gasteiger partial charge in [-0.1, -0.05) is 77.9 Å². The van der Waals surface area contributed by atoms with Crippen LogP contribution in [0.3, 0.4) is 0 Å². The molecule has 3 aromatic carbocycles. The molecular weight excluding hydrogens is 320 g/mol. The smallest absolute Gasteiger partial charge is 0.212 e. The number of aryl methyl sites for hydroxylation is 2. The Morgan fingerprint density at radius 3 is 1.96 bits per heavy atom. The summed E-state index contributed by atoms with van der Waals surface area (Å²) in [6.45, 7) is 4.08. The molecule has 0 saturated carbocycles. The SMILES string of the molecule is Cc1ccc(C2=NN(c3ccccc3)C(c3ccc(C)cc3)C2=O)cc1. The van der Waals surface area contributed by atoms with E-state index < -0.39 is 6.04 Å². The van der Waals surface area contributed by atoms with Crippen LogP contribution in [0.25, 0.3) is 0 Å². The van der Waals surface area contributed by atoms with Crippen LogP contribution in [0.4, 0.5) is 5.69 Å². The van der Waals surface area contributed by atoms with E-state index in [4.69, 9.17) is 5.10 Å². The van der Waals surface area contributed by atoms with Crippen molar-refractivity contribution in [2.24, 2.45) is 5.10 Å². The fourth-order valence-corrected chi connectivity index (χ4v) is 3.20. The number of benzene rings is 3. The maximum absolute atomic E-state index is 13.3. The van der Waals surface area contributed by atoms with Crippen LogP contribution < -0.4 is 5.01 Å². The molecule has 0 N–H and O–H groups in total. The Morgan fingerprint density at radius 1 is 0.769 bits per heavy atom. The van der Waals surface area contributed by atoms with Crippen LogP contribution in [0.15, 0.2) is 84.0 Å². The first kappa shape index (κ1) is 16.3. The third kappa shape index (κ3) is 2.92. The minimum atomic E-state index is -0.436. The van der Waals surface area contributed by atoms with Gasteiger partial charge in [0.05, 0.1) is 5.69 Å². The Morgan fingerprint density at radius 2 is 1.35 bits per heavy atom. The summed E-state index contributed by atoms with van der Waals surface area (Å²) in [5.74, 6) is 0.0292. The fourth-order valence-electron chi connectivity index (χ4n) is 3.20. The van der Waals surface area contributed by atoms with Crippen molar-refractivity contribution in [3.05, 3.63) is 101 Å². The second-order valence-electron chi connectivity index (χ2n) is 6.67. The quantitative estimate of drug-likeness (QED) is 0.683. The van der Waals surface area contributed by atoms with Crippen LogP contribution in [0, 0.1) is 13.8 Å². The van der Waals surface area contributed by atoms with E-state index in [9.17, 15) is 4.79 Å². The van der Waals surface area contributed by atoms with Gasteiger partial charge in [0.2, 0.25) is 5.78 Å². The molecule has 1 heterocycles. The van der Waals surface area contributed by atoms with E-state index >= 15 is 0 Å². The summed E-state index contributed by atoms with van der Waals surface area (Å²) in [7, 11) is 0. The van der Waals surface area contributed by atoms with Gasteiger partial charge in [-0.15, -0.1) is 0 Å². The van der Waals surface area contributed by atoms with E-state index in [0.29, 0.717) is 5.71 Å². The third-order valence-electron chi connectivity index (χ3n) is 4.67. The number of hydrazone groups is 1. The fraction of sp³-hybridized carbons (Fsp3) is 0.130. The molecule has 3 aromatic rings. The van der Waals surface area contributed by atoms with Crippen LogP contribution in [0.2, 0.25) is 0 Å². The molecule has 4 rings (SSSR count). The highest BCUT2D eigenvalue weighted by Crippen LogP contribution is 2.34. The number of hydrogen-bond acceptors (Lipinski definition) is 3. The Kier molecular flexibility index (Phi) is 4.13. The topological polar surface area (TPSA) is 32.7 Å². The largest absolute Gasteiger partial charge is 0.289 e. The predicted octanol–water partition coefficient (Wildman–Crippen LogP) is 4.84. The summed E-state index contributed by atoms with van der Waals surface area (Å²) in [6.07, 6.45) is 0. The number of para-hydroxylation sites is 1. The first-order valence-corrected chi connectivity index (χ1v) is 8.74. The lowest BCUT2D eigenvalue weighted by molar-refractivity contribution is -0.113. The lowest BCUT2D eigenvalue weighted by atomic mass is 9.96. The van der Waals surface area contributed by atoms with E-state index in [1.54, 1.807) is 0 Å². The molecule has 128 valence electrons. The summed E-state index contributed by atoms with van der Waals surface area (Å²) in [4.78, 5) is 13.3. The van der Waals surface area contributed by atoms with Gasteiger partial charge in [-0.3, -0.25) is 4.79 Å². The van der Waals surface area contributed by atoms with Crippen LogP contribution in [-0.4, -0.2) is 11.5 Å². The van der Waals surface area contributed by atoms with Crippen LogP contribution in [-0.2, 0) is 4.79 Å². The van der Waals surface area contributed by atoms with E-state index in [0.717, 1.165) is 22.4 Å². The molecule has 0 saturated heterocycles.